The maximum absolute atomic E-state index is 11.3. The molecule has 1 amide bonds. The molecule has 1 aromatic heterocycles. The zero-order chi connectivity index (χ0) is 21.8. The fourth-order valence-electron chi connectivity index (χ4n) is 3.63. The number of benzene rings is 2. The SMILES string of the molecule is CC(=O)Nc1cccc(Nc2ncnc(N3CCC(O)(c4ccc(Cl)cc4)CC3)n2)c1. The number of carbonyl (C=O) groups excluding carboxylic acids is 1. The molecule has 0 unspecified atom stereocenters. The first-order valence-corrected chi connectivity index (χ1v) is 10.4. The van der Waals surface area contributed by atoms with Crippen LogP contribution < -0.4 is 15.5 Å². The zero-order valence-corrected chi connectivity index (χ0v) is 17.8. The van der Waals surface area contributed by atoms with Gasteiger partial charge in [-0.15, -0.1) is 0 Å². The summed E-state index contributed by atoms with van der Waals surface area (Å²) in [7, 11) is 0. The molecule has 3 aromatic rings. The van der Waals surface area contributed by atoms with Gasteiger partial charge in [0.2, 0.25) is 17.8 Å². The van der Waals surface area contributed by atoms with Crippen LogP contribution in [0.5, 0.6) is 0 Å². The molecule has 31 heavy (non-hydrogen) atoms. The van der Waals surface area contributed by atoms with Gasteiger partial charge in [-0.05, 0) is 48.7 Å². The first-order valence-electron chi connectivity index (χ1n) is 9.98. The molecule has 1 aliphatic heterocycles. The number of nitrogens with zero attached hydrogens (tertiary/aromatic N) is 4. The highest BCUT2D eigenvalue weighted by Gasteiger charge is 2.34. The van der Waals surface area contributed by atoms with Crippen LogP contribution in [0.3, 0.4) is 0 Å². The molecule has 0 radical (unpaired) electrons. The normalized spacial score (nSPS) is 15.4. The van der Waals surface area contributed by atoms with Crippen molar-refractivity contribution in [1.29, 1.82) is 0 Å². The Morgan fingerprint density at radius 3 is 2.52 bits per heavy atom. The number of piperidine rings is 1. The van der Waals surface area contributed by atoms with Gasteiger partial charge in [-0.25, -0.2) is 9.97 Å². The third-order valence-corrected chi connectivity index (χ3v) is 5.51. The first-order chi connectivity index (χ1) is 14.9. The Bertz CT molecular complexity index is 1070. The van der Waals surface area contributed by atoms with Crippen molar-refractivity contribution >= 4 is 40.8 Å². The quantitative estimate of drug-likeness (QED) is 0.557. The molecular formula is C22H23ClN6O2. The van der Waals surface area contributed by atoms with Gasteiger partial charge in [0.15, 0.2) is 0 Å². The van der Waals surface area contributed by atoms with Gasteiger partial charge in [-0.1, -0.05) is 29.8 Å². The molecule has 8 nitrogen and oxygen atoms in total. The number of hydrogen-bond donors (Lipinski definition) is 3. The van der Waals surface area contributed by atoms with Crippen molar-refractivity contribution < 1.29 is 9.90 Å². The Balaban J connectivity index is 1.43. The van der Waals surface area contributed by atoms with E-state index in [1.54, 1.807) is 24.3 Å². The molecule has 4 rings (SSSR count). The smallest absolute Gasteiger partial charge is 0.231 e. The lowest BCUT2D eigenvalue weighted by Crippen LogP contribution is -2.43. The van der Waals surface area contributed by atoms with Crippen LogP contribution in [0.25, 0.3) is 0 Å². The maximum atomic E-state index is 11.3. The van der Waals surface area contributed by atoms with Gasteiger partial charge in [-0.3, -0.25) is 4.79 Å². The summed E-state index contributed by atoms with van der Waals surface area (Å²) in [4.78, 5) is 26.3. The number of rotatable bonds is 5. The number of hydrogen-bond acceptors (Lipinski definition) is 7. The van der Waals surface area contributed by atoms with E-state index in [1.807, 2.05) is 29.2 Å². The maximum Gasteiger partial charge on any atom is 0.231 e. The van der Waals surface area contributed by atoms with E-state index >= 15 is 0 Å². The highest BCUT2D eigenvalue weighted by molar-refractivity contribution is 6.30. The van der Waals surface area contributed by atoms with Gasteiger partial charge < -0.3 is 20.6 Å². The van der Waals surface area contributed by atoms with Gasteiger partial charge in [0, 0.05) is 36.4 Å². The largest absolute Gasteiger partial charge is 0.385 e. The summed E-state index contributed by atoms with van der Waals surface area (Å²) < 4.78 is 0. The third kappa shape index (κ3) is 5.10. The molecule has 160 valence electrons. The second kappa shape index (κ2) is 8.87. The van der Waals surface area contributed by atoms with Gasteiger partial charge in [0.25, 0.3) is 0 Å². The van der Waals surface area contributed by atoms with E-state index in [1.165, 1.54) is 13.3 Å². The summed E-state index contributed by atoms with van der Waals surface area (Å²) in [5.74, 6) is 0.820. The van der Waals surface area contributed by atoms with Crippen molar-refractivity contribution in [3.05, 3.63) is 65.4 Å². The molecule has 1 saturated heterocycles. The lowest BCUT2D eigenvalue weighted by molar-refractivity contribution is -0.114. The van der Waals surface area contributed by atoms with Crippen LogP contribution in [-0.2, 0) is 10.4 Å². The number of aliphatic hydroxyl groups is 1. The Kier molecular flexibility index (Phi) is 6.01. The van der Waals surface area contributed by atoms with E-state index in [0.717, 1.165) is 11.3 Å². The Morgan fingerprint density at radius 1 is 1.10 bits per heavy atom. The van der Waals surface area contributed by atoms with Crippen LogP contribution in [0.1, 0.15) is 25.3 Å². The standard InChI is InChI=1S/C22H23ClN6O2/c1-15(30)26-18-3-2-4-19(13-18)27-20-24-14-25-21(28-20)29-11-9-22(31,10-12-29)16-5-7-17(23)8-6-16/h2-8,13-14,31H,9-12H2,1H3,(H,26,30)(H,24,25,27,28). The lowest BCUT2D eigenvalue weighted by Gasteiger charge is -2.38. The Labute approximate surface area is 185 Å². The predicted molar refractivity (Wildman–Crippen MR) is 121 cm³/mol. The molecule has 9 heteroatoms. The average Bonchev–Trinajstić information content (AvgIpc) is 2.75. The van der Waals surface area contributed by atoms with Crippen molar-refractivity contribution in [3.8, 4) is 0 Å². The number of anilines is 4. The molecular weight excluding hydrogens is 416 g/mol. The van der Waals surface area contributed by atoms with Crippen LogP contribution in [0.4, 0.5) is 23.3 Å². The summed E-state index contributed by atoms with van der Waals surface area (Å²) in [6.45, 7) is 2.69. The second-order valence-electron chi connectivity index (χ2n) is 7.52. The molecule has 0 saturated carbocycles. The van der Waals surface area contributed by atoms with E-state index in [4.69, 9.17) is 11.6 Å². The monoisotopic (exact) mass is 438 g/mol. The molecule has 1 aliphatic rings. The molecule has 0 atom stereocenters. The molecule has 3 N–H and O–H groups in total. The number of carbonyl (C=O) groups is 1. The second-order valence-corrected chi connectivity index (χ2v) is 7.96. The lowest BCUT2D eigenvalue weighted by atomic mass is 9.84. The minimum Gasteiger partial charge on any atom is -0.385 e. The summed E-state index contributed by atoms with van der Waals surface area (Å²) in [6, 6.07) is 14.6. The number of nitrogens with one attached hydrogen (secondary N) is 2. The van der Waals surface area contributed by atoms with Crippen molar-refractivity contribution in [3.63, 3.8) is 0 Å². The van der Waals surface area contributed by atoms with E-state index in [-0.39, 0.29) is 5.91 Å². The molecule has 2 heterocycles. The molecule has 0 spiro atoms. The summed E-state index contributed by atoms with van der Waals surface area (Å²) >= 11 is 5.97. The highest BCUT2D eigenvalue weighted by atomic mass is 35.5. The Hall–Kier alpha value is -3.23. The minimum absolute atomic E-state index is 0.136. The predicted octanol–water partition coefficient (Wildman–Crippen LogP) is 3.72. The minimum atomic E-state index is -0.890. The summed E-state index contributed by atoms with van der Waals surface area (Å²) in [5, 5.41) is 17.6. The third-order valence-electron chi connectivity index (χ3n) is 5.25. The first kappa shape index (κ1) is 21.0. The number of halogens is 1. The van der Waals surface area contributed by atoms with Crippen molar-refractivity contribution in [2.75, 3.05) is 28.6 Å². The van der Waals surface area contributed by atoms with E-state index in [9.17, 15) is 9.90 Å². The number of aromatic nitrogens is 3. The highest BCUT2D eigenvalue weighted by Crippen LogP contribution is 2.34. The fraction of sp³-hybridized carbons (Fsp3) is 0.273. The van der Waals surface area contributed by atoms with Crippen molar-refractivity contribution in [1.82, 2.24) is 15.0 Å². The average molecular weight is 439 g/mol. The van der Waals surface area contributed by atoms with Crippen molar-refractivity contribution in [2.24, 2.45) is 0 Å². The van der Waals surface area contributed by atoms with Gasteiger partial charge >= 0.3 is 0 Å². The summed E-state index contributed by atoms with van der Waals surface area (Å²) in [6.07, 6.45) is 2.58. The van der Waals surface area contributed by atoms with Crippen LogP contribution in [0.15, 0.2) is 54.9 Å². The van der Waals surface area contributed by atoms with Crippen LogP contribution >= 0.6 is 11.6 Å². The van der Waals surface area contributed by atoms with E-state index in [0.29, 0.717) is 48.5 Å². The van der Waals surface area contributed by atoms with Gasteiger partial charge in [0.1, 0.15) is 6.33 Å². The van der Waals surface area contributed by atoms with Gasteiger partial charge in [0.05, 0.1) is 5.60 Å². The van der Waals surface area contributed by atoms with E-state index in [2.05, 4.69) is 25.6 Å². The molecule has 2 aromatic carbocycles. The number of amides is 1. The van der Waals surface area contributed by atoms with Crippen LogP contribution in [0.2, 0.25) is 5.02 Å². The zero-order valence-electron chi connectivity index (χ0n) is 17.0. The topological polar surface area (TPSA) is 103 Å². The van der Waals surface area contributed by atoms with Crippen molar-refractivity contribution in [2.45, 2.75) is 25.4 Å². The molecule has 1 fully saturated rings. The molecule has 0 bridgehead atoms. The molecule has 0 aliphatic carbocycles. The fourth-order valence-corrected chi connectivity index (χ4v) is 3.76. The van der Waals surface area contributed by atoms with Crippen LogP contribution in [-0.4, -0.2) is 39.1 Å². The van der Waals surface area contributed by atoms with Gasteiger partial charge in [-0.2, -0.15) is 4.98 Å². The summed E-state index contributed by atoms with van der Waals surface area (Å²) in [5.41, 5.74) is 1.41. The van der Waals surface area contributed by atoms with E-state index < -0.39 is 5.60 Å². The van der Waals surface area contributed by atoms with Crippen LogP contribution in [0, 0.1) is 0 Å². The Morgan fingerprint density at radius 2 is 1.81 bits per heavy atom.